The second kappa shape index (κ2) is 4.86. The first-order valence-corrected chi connectivity index (χ1v) is 6.02. The average Bonchev–Trinajstić information content (AvgIpc) is 2.64. The second-order valence-electron chi connectivity index (χ2n) is 3.90. The number of nitrogens with two attached hydrogens (primary N) is 1. The highest BCUT2D eigenvalue weighted by Crippen LogP contribution is 2.26. The first-order chi connectivity index (χ1) is 8.54. The third kappa shape index (κ3) is 2.13. The van der Waals surface area contributed by atoms with Gasteiger partial charge in [-0.15, -0.1) is 0 Å². The summed E-state index contributed by atoms with van der Waals surface area (Å²) in [4.78, 5) is 16.0. The zero-order chi connectivity index (χ0) is 13.3. The molecule has 0 saturated carbocycles. The van der Waals surface area contributed by atoms with E-state index in [0.717, 1.165) is 5.52 Å². The Kier molecular flexibility index (Phi) is 3.43. The summed E-state index contributed by atoms with van der Waals surface area (Å²) in [5, 5.41) is 0.569. The van der Waals surface area contributed by atoms with E-state index in [0.29, 0.717) is 17.1 Å². The molecule has 2 rings (SSSR count). The second-order valence-corrected chi connectivity index (χ2v) is 4.34. The van der Waals surface area contributed by atoms with Crippen LogP contribution in [0.25, 0.3) is 11.0 Å². The van der Waals surface area contributed by atoms with Crippen molar-refractivity contribution in [2.45, 2.75) is 19.9 Å². The molecule has 0 saturated heterocycles. The normalized spacial score (nSPS) is 12.6. The van der Waals surface area contributed by atoms with E-state index in [-0.39, 0.29) is 11.9 Å². The van der Waals surface area contributed by atoms with Crippen LogP contribution in [0.4, 0.5) is 5.95 Å². The van der Waals surface area contributed by atoms with Gasteiger partial charge in [-0.1, -0.05) is 11.6 Å². The molecule has 1 atom stereocenters. The minimum atomic E-state index is -0.534. The van der Waals surface area contributed by atoms with E-state index in [1.807, 2.05) is 0 Å². The molecule has 0 fully saturated rings. The minimum Gasteiger partial charge on any atom is -0.464 e. The first kappa shape index (κ1) is 12.7. The zero-order valence-corrected chi connectivity index (χ0v) is 10.9. The highest BCUT2D eigenvalue weighted by molar-refractivity contribution is 6.31. The number of carbonyl (C=O) groups is 1. The standard InChI is InChI=1S/C12H14ClN3O2/c1-3-18-11(17)7(2)16-10-6-8(13)4-5-9(10)15-12(16)14/h4-7H,3H2,1-2H3,(H2,14,15). The van der Waals surface area contributed by atoms with Crippen LogP contribution < -0.4 is 5.73 Å². The molecular formula is C12H14ClN3O2. The van der Waals surface area contributed by atoms with Gasteiger partial charge in [0, 0.05) is 5.02 Å². The predicted octanol–water partition coefficient (Wildman–Crippen LogP) is 2.40. The van der Waals surface area contributed by atoms with Gasteiger partial charge in [-0.3, -0.25) is 4.57 Å². The number of benzene rings is 1. The molecule has 1 unspecified atom stereocenters. The summed E-state index contributed by atoms with van der Waals surface area (Å²) < 4.78 is 6.61. The first-order valence-electron chi connectivity index (χ1n) is 5.64. The average molecular weight is 268 g/mol. The van der Waals surface area contributed by atoms with Crippen LogP contribution >= 0.6 is 11.6 Å². The van der Waals surface area contributed by atoms with Gasteiger partial charge in [0.2, 0.25) is 5.95 Å². The topological polar surface area (TPSA) is 70.1 Å². The van der Waals surface area contributed by atoms with Crippen LogP contribution in [0.1, 0.15) is 19.9 Å². The van der Waals surface area contributed by atoms with E-state index >= 15 is 0 Å². The fourth-order valence-electron chi connectivity index (χ4n) is 1.86. The van der Waals surface area contributed by atoms with Crippen LogP contribution in [-0.2, 0) is 9.53 Å². The number of nitrogens with zero attached hydrogens (tertiary/aromatic N) is 2. The maximum absolute atomic E-state index is 11.8. The maximum Gasteiger partial charge on any atom is 0.328 e. The van der Waals surface area contributed by atoms with Gasteiger partial charge in [-0.05, 0) is 32.0 Å². The molecule has 2 aromatic rings. The number of ether oxygens (including phenoxy) is 1. The molecule has 1 aromatic carbocycles. The maximum atomic E-state index is 11.8. The van der Waals surface area contributed by atoms with Gasteiger partial charge >= 0.3 is 5.97 Å². The van der Waals surface area contributed by atoms with Crippen molar-refractivity contribution in [2.75, 3.05) is 12.3 Å². The SMILES string of the molecule is CCOC(=O)C(C)n1c(N)nc2ccc(Cl)cc21. The molecule has 6 heteroatoms. The van der Waals surface area contributed by atoms with Crippen LogP contribution in [0.5, 0.6) is 0 Å². The number of hydrogen-bond donors (Lipinski definition) is 1. The summed E-state index contributed by atoms with van der Waals surface area (Å²) in [6, 6.07) is 4.70. The number of aromatic nitrogens is 2. The smallest absolute Gasteiger partial charge is 0.328 e. The summed E-state index contributed by atoms with van der Waals surface area (Å²) >= 11 is 5.95. The van der Waals surface area contributed by atoms with E-state index < -0.39 is 6.04 Å². The number of fused-ring (bicyclic) bond motifs is 1. The van der Waals surface area contributed by atoms with Crippen molar-refractivity contribution in [2.24, 2.45) is 0 Å². The molecule has 1 aromatic heterocycles. The Morgan fingerprint density at radius 2 is 2.33 bits per heavy atom. The molecule has 0 aliphatic rings. The van der Waals surface area contributed by atoms with Crippen LogP contribution in [0.2, 0.25) is 5.02 Å². The van der Waals surface area contributed by atoms with Crippen LogP contribution in [0.15, 0.2) is 18.2 Å². The zero-order valence-electron chi connectivity index (χ0n) is 10.2. The number of imidazole rings is 1. The molecule has 18 heavy (non-hydrogen) atoms. The number of hydrogen-bond acceptors (Lipinski definition) is 4. The quantitative estimate of drug-likeness (QED) is 0.867. The van der Waals surface area contributed by atoms with Crippen LogP contribution in [0.3, 0.4) is 0 Å². The summed E-state index contributed by atoms with van der Waals surface area (Å²) in [6.45, 7) is 3.81. The lowest BCUT2D eigenvalue weighted by molar-refractivity contribution is -0.146. The van der Waals surface area contributed by atoms with E-state index in [1.165, 1.54) is 0 Å². The highest BCUT2D eigenvalue weighted by atomic mass is 35.5. The molecule has 0 aliphatic carbocycles. The molecule has 0 bridgehead atoms. The van der Waals surface area contributed by atoms with Crippen LogP contribution in [0, 0.1) is 0 Å². The Hall–Kier alpha value is -1.75. The van der Waals surface area contributed by atoms with Gasteiger partial charge in [0.25, 0.3) is 0 Å². The number of anilines is 1. The van der Waals surface area contributed by atoms with Gasteiger partial charge < -0.3 is 10.5 Å². The summed E-state index contributed by atoms with van der Waals surface area (Å²) in [5.74, 6) is -0.0729. The Labute approximate surface area is 109 Å². The monoisotopic (exact) mass is 267 g/mol. The van der Waals surface area contributed by atoms with Crippen molar-refractivity contribution in [3.63, 3.8) is 0 Å². The van der Waals surface area contributed by atoms with Crippen molar-refractivity contribution in [1.82, 2.24) is 9.55 Å². The largest absolute Gasteiger partial charge is 0.464 e. The van der Waals surface area contributed by atoms with E-state index in [9.17, 15) is 4.79 Å². The van der Waals surface area contributed by atoms with Gasteiger partial charge in [0.05, 0.1) is 17.6 Å². The Morgan fingerprint density at radius 1 is 1.61 bits per heavy atom. The fraction of sp³-hybridized carbons (Fsp3) is 0.333. The Bertz CT molecular complexity index is 594. The minimum absolute atomic E-state index is 0.271. The lowest BCUT2D eigenvalue weighted by atomic mass is 10.3. The molecule has 0 radical (unpaired) electrons. The Morgan fingerprint density at radius 3 is 3.00 bits per heavy atom. The third-order valence-electron chi connectivity index (χ3n) is 2.69. The summed E-state index contributed by atoms with van der Waals surface area (Å²) in [5.41, 5.74) is 7.26. The molecule has 2 N–H and O–H groups in total. The van der Waals surface area contributed by atoms with Crippen molar-refractivity contribution in [3.8, 4) is 0 Å². The molecular weight excluding hydrogens is 254 g/mol. The number of carbonyl (C=O) groups excluding carboxylic acids is 1. The van der Waals surface area contributed by atoms with Crippen LogP contribution in [-0.4, -0.2) is 22.1 Å². The van der Waals surface area contributed by atoms with Crippen molar-refractivity contribution < 1.29 is 9.53 Å². The lowest BCUT2D eigenvalue weighted by Gasteiger charge is -2.14. The third-order valence-corrected chi connectivity index (χ3v) is 2.93. The summed E-state index contributed by atoms with van der Waals surface area (Å²) in [7, 11) is 0. The molecule has 0 spiro atoms. The number of halogens is 1. The van der Waals surface area contributed by atoms with Gasteiger partial charge in [0.15, 0.2) is 0 Å². The number of rotatable bonds is 3. The number of esters is 1. The van der Waals surface area contributed by atoms with Crippen molar-refractivity contribution in [1.29, 1.82) is 0 Å². The molecule has 0 aliphatic heterocycles. The summed E-state index contributed by atoms with van der Waals surface area (Å²) in [6.07, 6.45) is 0. The molecule has 0 amide bonds. The fourth-order valence-corrected chi connectivity index (χ4v) is 2.03. The van der Waals surface area contributed by atoms with Crippen molar-refractivity contribution >= 4 is 34.6 Å². The number of nitrogen functional groups attached to an aromatic ring is 1. The Balaban J connectivity index is 2.52. The molecule has 5 nitrogen and oxygen atoms in total. The van der Waals surface area contributed by atoms with Gasteiger partial charge in [-0.2, -0.15) is 0 Å². The highest BCUT2D eigenvalue weighted by Gasteiger charge is 2.21. The molecule has 96 valence electrons. The van der Waals surface area contributed by atoms with E-state index in [2.05, 4.69) is 4.98 Å². The predicted molar refractivity (Wildman–Crippen MR) is 70.5 cm³/mol. The van der Waals surface area contributed by atoms with E-state index in [4.69, 9.17) is 22.1 Å². The van der Waals surface area contributed by atoms with E-state index in [1.54, 1.807) is 36.6 Å². The van der Waals surface area contributed by atoms with Crippen molar-refractivity contribution in [3.05, 3.63) is 23.2 Å². The van der Waals surface area contributed by atoms with Gasteiger partial charge in [0.1, 0.15) is 6.04 Å². The van der Waals surface area contributed by atoms with Gasteiger partial charge in [-0.25, -0.2) is 9.78 Å². The lowest BCUT2D eigenvalue weighted by Crippen LogP contribution is -2.20. The molecule has 1 heterocycles.